The van der Waals surface area contributed by atoms with Crippen molar-refractivity contribution in [2.24, 2.45) is 0 Å². The molecule has 2 saturated heterocycles. The van der Waals surface area contributed by atoms with Crippen LogP contribution in [0.2, 0.25) is 0 Å². The second-order valence-electron chi connectivity index (χ2n) is 7.96. The molecule has 3 heterocycles. The van der Waals surface area contributed by atoms with E-state index in [1.165, 1.54) is 6.07 Å². The van der Waals surface area contributed by atoms with E-state index in [1.54, 1.807) is 4.90 Å². The number of anilines is 2. The molecule has 7 nitrogen and oxygen atoms in total. The Balaban J connectivity index is 1.63. The van der Waals surface area contributed by atoms with Crippen molar-refractivity contribution >= 4 is 17.4 Å². The summed E-state index contributed by atoms with van der Waals surface area (Å²) in [6.07, 6.45) is -2.89. The van der Waals surface area contributed by atoms with Crippen LogP contribution in [0.25, 0.3) is 0 Å². The van der Waals surface area contributed by atoms with E-state index in [1.807, 2.05) is 18.7 Å². The molecule has 2 fully saturated rings. The molecule has 0 aliphatic carbocycles. The number of nitrogens with one attached hydrogen (secondary N) is 2. The predicted molar refractivity (Wildman–Crippen MR) is 110 cm³/mol. The van der Waals surface area contributed by atoms with Gasteiger partial charge in [-0.2, -0.15) is 18.3 Å². The molecule has 0 radical (unpaired) electrons. The van der Waals surface area contributed by atoms with Crippen molar-refractivity contribution in [1.29, 1.82) is 0 Å². The van der Waals surface area contributed by atoms with Crippen LogP contribution in [-0.2, 0) is 10.9 Å². The first-order valence-corrected chi connectivity index (χ1v) is 10.4. The lowest BCUT2D eigenvalue weighted by Gasteiger charge is -2.32. The van der Waals surface area contributed by atoms with Crippen LogP contribution < -0.4 is 10.2 Å². The maximum atomic E-state index is 13.3. The molecule has 2 N–H and O–H groups in total. The van der Waals surface area contributed by atoms with Gasteiger partial charge in [-0.1, -0.05) is 0 Å². The number of aromatic amines is 1. The van der Waals surface area contributed by atoms with E-state index in [9.17, 15) is 18.0 Å². The first-order valence-electron chi connectivity index (χ1n) is 10.4. The van der Waals surface area contributed by atoms with Crippen LogP contribution in [0.15, 0.2) is 18.2 Å². The number of carbonyl (C=O) groups is 1. The lowest BCUT2D eigenvalue weighted by Crippen LogP contribution is -2.38. The number of urea groups is 1. The van der Waals surface area contributed by atoms with Crippen molar-refractivity contribution in [3.05, 3.63) is 40.7 Å². The predicted octanol–water partition coefficient (Wildman–Crippen LogP) is 4.25. The number of halogens is 3. The lowest BCUT2D eigenvalue weighted by molar-refractivity contribution is -0.137. The van der Waals surface area contributed by atoms with E-state index < -0.39 is 17.8 Å². The van der Waals surface area contributed by atoms with Gasteiger partial charge in [0.2, 0.25) is 0 Å². The van der Waals surface area contributed by atoms with Crippen LogP contribution in [0.3, 0.4) is 0 Å². The van der Waals surface area contributed by atoms with Crippen molar-refractivity contribution in [3.8, 4) is 0 Å². The quantitative estimate of drug-likeness (QED) is 0.753. The van der Waals surface area contributed by atoms with Crippen molar-refractivity contribution in [2.45, 2.75) is 38.9 Å². The van der Waals surface area contributed by atoms with Gasteiger partial charge in [-0.05, 0) is 44.9 Å². The molecular formula is C21H26F3N5O2. The average Bonchev–Trinajstić information content (AvgIpc) is 3.34. The van der Waals surface area contributed by atoms with Gasteiger partial charge < -0.3 is 19.9 Å². The number of nitrogens with zero attached hydrogens (tertiary/aromatic N) is 3. The van der Waals surface area contributed by atoms with E-state index in [2.05, 4.69) is 15.5 Å². The molecule has 31 heavy (non-hydrogen) atoms. The Labute approximate surface area is 178 Å². The van der Waals surface area contributed by atoms with Gasteiger partial charge in [0.25, 0.3) is 0 Å². The molecule has 4 rings (SSSR count). The number of hydrogen-bond donors (Lipinski definition) is 2. The number of aryl methyl sites for hydroxylation is 2. The largest absolute Gasteiger partial charge is 0.416 e. The molecule has 0 unspecified atom stereocenters. The maximum absolute atomic E-state index is 13.3. The third-order valence-electron chi connectivity index (χ3n) is 5.95. The number of morpholine rings is 1. The number of H-pyrrole nitrogens is 1. The first kappa shape index (κ1) is 21.5. The average molecular weight is 437 g/mol. The minimum absolute atomic E-state index is 0.156. The lowest BCUT2D eigenvalue weighted by atomic mass is 10.0. The summed E-state index contributed by atoms with van der Waals surface area (Å²) in [5.74, 6) is 0. The maximum Gasteiger partial charge on any atom is 0.416 e. The molecule has 2 aromatic rings. The number of hydrogen-bond acceptors (Lipinski definition) is 4. The molecular weight excluding hydrogens is 411 g/mol. The van der Waals surface area contributed by atoms with Crippen molar-refractivity contribution in [3.63, 3.8) is 0 Å². The molecule has 2 amide bonds. The minimum Gasteiger partial charge on any atom is -0.378 e. The molecule has 0 bridgehead atoms. The fraction of sp³-hybridized carbons (Fsp3) is 0.524. The Morgan fingerprint density at radius 3 is 2.61 bits per heavy atom. The number of alkyl halides is 3. The highest BCUT2D eigenvalue weighted by Gasteiger charge is 2.35. The van der Waals surface area contributed by atoms with Crippen molar-refractivity contribution < 1.29 is 22.7 Å². The van der Waals surface area contributed by atoms with Crippen LogP contribution >= 0.6 is 0 Å². The van der Waals surface area contributed by atoms with Gasteiger partial charge in [0.1, 0.15) is 0 Å². The Morgan fingerprint density at radius 1 is 1.23 bits per heavy atom. The summed E-state index contributed by atoms with van der Waals surface area (Å²) in [5, 5.41) is 9.94. The van der Waals surface area contributed by atoms with Crippen molar-refractivity contribution in [1.82, 2.24) is 15.1 Å². The fourth-order valence-corrected chi connectivity index (χ4v) is 4.44. The summed E-state index contributed by atoms with van der Waals surface area (Å²) in [6.45, 7) is 6.40. The third-order valence-corrected chi connectivity index (χ3v) is 5.95. The highest BCUT2D eigenvalue weighted by atomic mass is 19.4. The van der Waals surface area contributed by atoms with E-state index in [-0.39, 0.29) is 11.7 Å². The molecule has 2 aliphatic rings. The molecule has 1 atom stereocenters. The zero-order valence-electron chi connectivity index (χ0n) is 17.6. The fourth-order valence-electron chi connectivity index (χ4n) is 4.44. The zero-order valence-corrected chi connectivity index (χ0v) is 17.6. The van der Waals surface area contributed by atoms with E-state index in [0.29, 0.717) is 38.5 Å². The van der Waals surface area contributed by atoms with E-state index in [0.717, 1.165) is 41.9 Å². The summed E-state index contributed by atoms with van der Waals surface area (Å²) < 4.78 is 45.4. The number of likely N-dealkylation sites (tertiary alicyclic amines) is 1. The van der Waals surface area contributed by atoms with Gasteiger partial charge in [-0.3, -0.25) is 5.10 Å². The molecule has 10 heteroatoms. The van der Waals surface area contributed by atoms with Gasteiger partial charge in [0.15, 0.2) is 0 Å². The molecule has 2 aliphatic heterocycles. The van der Waals surface area contributed by atoms with E-state index >= 15 is 0 Å². The van der Waals surface area contributed by atoms with Gasteiger partial charge in [0, 0.05) is 30.9 Å². The minimum atomic E-state index is -4.50. The highest BCUT2D eigenvalue weighted by Crippen LogP contribution is 2.38. The van der Waals surface area contributed by atoms with Gasteiger partial charge in [-0.15, -0.1) is 0 Å². The highest BCUT2D eigenvalue weighted by molar-refractivity contribution is 5.94. The number of amides is 2. The number of carbonyl (C=O) groups excluding carboxylic acids is 1. The Bertz CT molecular complexity index is 933. The summed E-state index contributed by atoms with van der Waals surface area (Å²) in [4.78, 5) is 16.8. The van der Waals surface area contributed by atoms with Crippen LogP contribution in [0, 0.1) is 13.8 Å². The van der Waals surface area contributed by atoms with Gasteiger partial charge in [0.05, 0.1) is 41.9 Å². The number of aromatic nitrogens is 2. The van der Waals surface area contributed by atoms with Crippen molar-refractivity contribution in [2.75, 3.05) is 43.1 Å². The van der Waals surface area contributed by atoms with Gasteiger partial charge >= 0.3 is 12.2 Å². The molecule has 168 valence electrons. The third kappa shape index (κ3) is 4.34. The summed E-state index contributed by atoms with van der Waals surface area (Å²) in [7, 11) is 0. The number of ether oxygens (including phenoxy) is 1. The second-order valence-corrected chi connectivity index (χ2v) is 7.96. The Hall–Kier alpha value is -2.75. The zero-order chi connectivity index (χ0) is 22.2. The Kier molecular flexibility index (Phi) is 5.83. The topological polar surface area (TPSA) is 73.5 Å². The van der Waals surface area contributed by atoms with E-state index in [4.69, 9.17) is 4.74 Å². The SMILES string of the molecule is Cc1n[nH]c(C)c1[C@@H]1CCCN1C(=O)Nc1cc(C(F)(F)F)ccc1N1CCOCC1. The Morgan fingerprint density at radius 2 is 1.97 bits per heavy atom. The van der Waals surface area contributed by atoms with Crippen LogP contribution in [0.5, 0.6) is 0 Å². The second kappa shape index (κ2) is 8.41. The summed E-state index contributed by atoms with van der Waals surface area (Å²) >= 11 is 0. The van der Waals surface area contributed by atoms with Crippen LogP contribution in [0.1, 0.15) is 41.4 Å². The summed E-state index contributed by atoms with van der Waals surface area (Å²) in [5.41, 5.74) is 2.64. The summed E-state index contributed by atoms with van der Waals surface area (Å²) in [6, 6.07) is 2.93. The molecule has 1 aromatic carbocycles. The number of rotatable bonds is 3. The van der Waals surface area contributed by atoms with Crippen LogP contribution in [-0.4, -0.2) is 54.0 Å². The normalized spacial score (nSPS) is 19.7. The first-order chi connectivity index (χ1) is 14.8. The molecule has 0 saturated carbocycles. The molecule has 1 aromatic heterocycles. The number of benzene rings is 1. The van der Waals surface area contributed by atoms with Crippen LogP contribution in [0.4, 0.5) is 29.3 Å². The monoisotopic (exact) mass is 437 g/mol. The smallest absolute Gasteiger partial charge is 0.378 e. The molecule has 0 spiro atoms. The standard InChI is InChI=1S/C21H26F3N5O2/c1-13-19(14(2)27-26-13)18-4-3-7-29(18)20(30)25-16-12-15(21(22,23)24)5-6-17(16)28-8-10-31-11-9-28/h5-6,12,18H,3-4,7-11H2,1-2H3,(H,25,30)(H,26,27)/t18-/m0/s1. The van der Waals surface area contributed by atoms with Gasteiger partial charge in [-0.25, -0.2) is 4.79 Å².